The van der Waals surface area contributed by atoms with E-state index in [2.05, 4.69) is 5.32 Å². The van der Waals surface area contributed by atoms with Crippen molar-refractivity contribution in [1.29, 1.82) is 0 Å². The first-order valence-electron chi connectivity index (χ1n) is 6.56. The molecule has 1 aliphatic heterocycles. The number of alkyl halides is 3. The number of hydrogen-bond donors (Lipinski definition) is 1. The molecular formula is C14H18F3NO2. The standard InChI is InChI=1S/C14H18F3NO2/c1-18-12(10-6-7-19-8-10)9-20-13-5-3-2-4-11(13)14(15,16)17/h2-5,10,12,18H,6-9H2,1H3. The third-order valence-electron chi connectivity index (χ3n) is 3.52. The molecule has 1 aliphatic rings. The van der Waals surface area contributed by atoms with E-state index in [9.17, 15) is 13.2 Å². The molecule has 1 saturated heterocycles. The molecule has 112 valence electrons. The van der Waals surface area contributed by atoms with Crippen molar-refractivity contribution < 1.29 is 22.6 Å². The summed E-state index contributed by atoms with van der Waals surface area (Å²) in [5.74, 6) is 0.150. The quantitative estimate of drug-likeness (QED) is 0.904. The third-order valence-corrected chi connectivity index (χ3v) is 3.52. The van der Waals surface area contributed by atoms with E-state index in [0.29, 0.717) is 13.2 Å². The molecule has 0 aromatic heterocycles. The molecule has 3 nitrogen and oxygen atoms in total. The molecule has 2 atom stereocenters. The maximum absolute atomic E-state index is 12.8. The number of likely N-dealkylation sites (N-methyl/N-ethyl adjacent to an activating group) is 1. The summed E-state index contributed by atoms with van der Waals surface area (Å²) in [6.07, 6.45) is -3.50. The second-order valence-electron chi connectivity index (χ2n) is 4.82. The first-order chi connectivity index (χ1) is 9.52. The fourth-order valence-corrected chi connectivity index (χ4v) is 2.33. The summed E-state index contributed by atoms with van der Waals surface area (Å²) in [7, 11) is 1.78. The third kappa shape index (κ3) is 3.64. The van der Waals surface area contributed by atoms with Gasteiger partial charge in [0.05, 0.1) is 12.2 Å². The minimum absolute atomic E-state index is 0.0150. The number of rotatable bonds is 5. The van der Waals surface area contributed by atoms with E-state index in [-0.39, 0.29) is 24.3 Å². The van der Waals surface area contributed by atoms with Gasteiger partial charge in [0, 0.05) is 18.6 Å². The zero-order valence-electron chi connectivity index (χ0n) is 11.2. The van der Waals surface area contributed by atoms with Crippen molar-refractivity contribution in [1.82, 2.24) is 5.32 Å². The maximum atomic E-state index is 12.8. The van der Waals surface area contributed by atoms with Crippen LogP contribution < -0.4 is 10.1 Å². The molecule has 1 fully saturated rings. The van der Waals surface area contributed by atoms with Gasteiger partial charge < -0.3 is 14.8 Å². The average Bonchev–Trinajstić information content (AvgIpc) is 2.93. The van der Waals surface area contributed by atoms with Crippen molar-refractivity contribution in [2.75, 3.05) is 26.9 Å². The molecule has 1 aromatic carbocycles. The van der Waals surface area contributed by atoms with Gasteiger partial charge in [-0.3, -0.25) is 0 Å². The van der Waals surface area contributed by atoms with E-state index in [1.807, 2.05) is 0 Å². The summed E-state index contributed by atoms with van der Waals surface area (Å²) >= 11 is 0. The van der Waals surface area contributed by atoms with Crippen LogP contribution in [-0.4, -0.2) is 32.9 Å². The smallest absolute Gasteiger partial charge is 0.419 e. The second-order valence-corrected chi connectivity index (χ2v) is 4.82. The number of ether oxygens (including phenoxy) is 2. The van der Waals surface area contributed by atoms with Crippen LogP contribution >= 0.6 is 0 Å². The van der Waals surface area contributed by atoms with E-state index < -0.39 is 11.7 Å². The van der Waals surface area contributed by atoms with Crippen LogP contribution in [0.15, 0.2) is 24.3 Å². The van der Waals surface area contributed by atoms with Crippen molar-refractivity contribution >= 4 is 0 Å². The zero-order valence-corrected chi connectivity index (χ0v) is 11.2. The van der Waals surface area contributed by atoms with Crippen LogP contribution in [0.25, 0.3) is 0 Å². The minimum Gasteiger partial charge on any atom is -0.491 e. The molecule has 0 aliphatic carbocycles. The van der Waals surface area contributed by atoms with Crippen LogP contribution in [-0.2, 0) is 10.9 Å². The fourth-order valence-electron chi connectivity index (χ4n) is 2.33. The van der Waals surface area contributed by atoms with Crippen LogP contribution in [0.3, 0.4) is 0 Å². The normalized spacial score (nSPS) is 20.9. The van der Waals surface area contributed by atoms with Gasteiger partial charge in [0.15, 0.2) is 0 Å². The first kappa shape index (κ1) is 15.1. The van der Waals surface area contributed by atoms with Gasteiger partial charge in [0.25, 0.3) is 0 Å². The highest BCUT2D eigenvalue weighted by Crippen LogP contribution is 2.36. The van der Waals surface area contributed by atoms with Crippen LogP contribution in [0, 0.1) is 5.92 Å². The highest BCUT2D eigenvalue weighted by atomic mass is 19.4. The topological polar surface area (TPSA) is 30.5 Å². The monoisotopic (exact) mass is 289 g/mol. The van der Waals surface area contributed by atoms with Gasteiger partial charge in [0.2, 0.25) is 0 Å². The lowest BCUT2D eigenvalue weighted by Gasteiger charge is -2.23. The lowest BCUT2D eigenvalue weighted by molar-refractivity contribution is -0.139. The van der Waals surface area contributed by atoms with E-state index in [4.69, 9.17) is 9.47 Å². The Hall–Kier alpha value is -1.27. The molecule has 6 heteroatoms. The van der Waals surface area contributed by atoms with Crippen molar-refractivity contribution in [2.24, 2.45) is 5.92 Å². The molecule has 0 bridgehead atoms. The zero-order chi connectivity index (χ0) is 14.6. The Morgan fingerprint density at radius 2 is 2.15 bits per heavy atom. The summed E-state index contributed by atoms with van der Waals surface area (Å²) in [6, 6.07) is 5.26. The molecule has 20 heavy (non-hydrogen) atoms. The molecule has 1 aromatic rings. The van der Waals surface area contributed by atoms with Crippen molar-refractivity contribution in [3.8, 4) is 5.75 Å². The molecular weight excluding hydrogens is 271 g/mol. The Kier molecular flexibility index (Phi) is 4.88. The van der Waals surface area contributed by atoms with Crippen LogP contribution in [0.2, 0.25) is 0 Å². The average molecular weight is 289 g/mol. The van der Waals surface area contributed by atoms with Gasteiger partial charge in [0.1, 0.15) is 12.4 Å². The SMILES string of the molecule is CNC(COc1ccccc1C(F)(F)F)C1CCOC1. The van der Waals surface area contributed by atoms with E-state index in [0.717, 1.165) is 12.5 Å². The number of halogens is 3. The van der Waals surface area contributed by atoms with E-state index >= 15 is 0 Å². The summed E-state index contributed by atoms with van der Waals surface area (Å²) in [4.78, 5) is 0. The molecule has 0 saturated carbocycles. The lowest BCUT2D eigenvalue weighted by atomic mass is 10.00. The first-order valence-corrected chi connectivity index (χ1v) is 6.56. The molecule has 2 unspecified atom stereocenters. The van der Waals surface area contributed by atoms with Gasteiger partial charge in [-0.15, -0.1) is 0 Å². The fraction of sp³-hybridized carbons (Fsp3) is 0.571. The molecule has 0 spiro atoms. The Labute approximate surface area is 116 Å². The summed E-state index contributed by atoms with van der Waals surface area (Å²) in [5.41, 5.74) is -0.738. The predicted molar refractivity (Wildman–Crippen MR) is 68.7 cm³/mol. The van der Waals surface area contributed by atoms with E-state index in [1.54, 1.807) is 7.05 Å². The molecule has 0 amide bonds. The summed E-state index contributed by atoms with van der Waals surface area (Å²) in [6.45, 7) is 1.51. The Balaban J connectivity index is 2.02. The minimum atomic E-state index is -4.40. The Morgan fingerprint density at radius 1 is 1.40 bits per heavy atom. The lowest BCUT2D eigenvalue weighted by Crippen LogP contribution is -2.39. The number of nitrogens with one attached hydrogen (secondary N) is 1. The Bertz CT molecular complexity index is 431. The highest BCUT2D eigenvalue weighted by molar-refractivity contribution is 5.35. The number of benzene rings is 1. The molecule has 2 rings (SSSR count). The van der Waals surface area contributed by atoms with Gasteiger partial charge in [-0.05, 0) is 25.6 Å². The van der Waals surface area contributed by atoms with Crippen LogP contribution in [0.5, 0.6) is 5.75 Å². The maximum Gasteiger partial charge on any atom is 0.419 e. The van der Waals surface area contributed by atoms with Crippen molar-refractivity contribution in [2.45, 2.75) is 18.6 Å². The predicted octanol–water partition coefficient (Wildman–Crippen LogP) is 2.71. The number of para-hydroxylation sites is 1. The van der Waals surface area contributed by atoms with E-state index in [1.165, 1.54) is 18.2 Å². The van der Waals surface area contributed by atoms with Gasteiger partial charge in [-0.25, -0.2) is 0 Å². The highest BCUT2D eigenvalue weighted by Gasteiger charge is 2.34. The van der Waals surface area contributed by atoms with Crippen LogP contribution in [0.4, 0.5) is 13.2 Å². The van der Waals surface area contributed by atoms with Gasteiger partial charge in [-0.1, -0.05) is 12.1 Å². The summed E-state index contributed by atoms with van der Waals surface area (Å²) < 4.78 is 49.2. The molecule has 1 N–H and O–H groups in total. The van der Waals surface area contributed by atoms with Gasteiger partial charge in [-0.2, -0.15) is 13.2 Å². The van der Waals surface area contributed by atoms with Gasteiger partial charge >= 0.3 is 6.18 Å². The molecule has 0 radical (unpaired) electrons. The largest absolute Gasteiger partial charge is 0.491 e. The Morgan fingerprint density at radius 3 is 2.75 bits per heavy atom. The van der Waals surface area contributed by atoms with Crippen molar-refractivity contribution in [3.63, 3.8) is 0 Å². The summed E-state index contributed by atoms with van der Waals surface area (Å²) in [5, 5.41) is 3.09. The second kappa shape index (κ2) is 6.45. The van der Waals surface area contributed by atoms with Crippen molar-refractivity contribution in [3.05, 3.63) is 29.8 Å². The number of hydrogen-bond acceptors (Lipinski definition) is 3. The molecule has 1 heterocycles. The van der Waals surface area contributed by atoms with Crippen LogP contribution in [0.1, 0.15) is 12.0 Å².